The molecule has 0 radical (unpaired) electrons. The standard InChI is InChI=1S/C16H26FN3S/c1-5-18-15(19-10-11-21-4)20-12-16(2,3)13-8-6-7-9-14(13)17/h6-9H,5,10-12H2,1-4H3,(H2,18,19,20). The molecule has 0 bridgehead atoms. The molecule has 0 saturated carbocycles. The molecule has 0 aromatic heterocycles. The molecule has 0 heterocycles. The molecule has 0 atom stereocenters. The summed E-state index contributed by atoms with van der Waals surface area (Å²) < 4.78 is 13.9. The quantitative estimate of drug-likeness (QED) is 0.462. The van der Waals surface area contributed by atoms with Gasteiger partial charge in [0.2, 0.25) is 0 Å². The minimum atomic E-state index is -0.340. The SMILES string of the molecule is CCNC(=NCC(C)(C)c1ccccc1F)NCCSC. The summed E-state index contributed by atoms with van der Waals surface area (Å²) in [6, 6.07) is 6.92. The van der Waals surface area contributed by atoms with Gasteiger partial charge in [0.15, 0.2) is 5.96 Å². The van der Waals surface area contributed by atoms with Crippen LogP contribution in [0.4, 0.5) is 4.39 Å². The van der Waals surface area contributed by atoms with E-state index in [4.69, 9.17) is 0 Å². The molecular formula is C16H26FN3S. The third kappa shape index (κ3) is 5.96. The summed E-state index contributed by atoms with van der Waals surface area (Å²) in [7, 11) is 0. The summed E-state index contributed by atoms with van der Waals surface area (Å²) in [4.78, 5) is 4.59. The molecule has 3 nitrogen and oxygen atoms in total. The van der Waals surface area contributed by atoms with Gasteiger partial charge in [-0.3, -0.25) is 4.99 Å². The van der Waals surface area contributed by atoms with Crippen molar-refractivity contribution in [1.29, 1.82) is 0 Å². The van der Waals surface area contributed by atoms with Crippen LogP contribution in [0.25, 0.3) is 0 Å². The van der Waals surface area contributed by atoms with Crippen LogP contribution < -0.4 is 10.6 Å². The Morgan fingerprint density at radius 1 is 1.29 bits per heavy atom. The Morgan fingerprint density at radius 3 is 2.62 bits per heavy atom. The van der Waals surface area contributed by atoms with Crippen LogP contribution in [-0.4, -0.2) is 37.6 Å². The van der Waals surface area contributed by atoms with Gasteiger partial charge in [0.05, 0.1) is 6.54 Å². The molecule has 5 heteroatoms. The van der Waals surface area contributed by atoms with Gasteiger partial charge in [0, 0.05) is 24.3 Å². The normalized spacial score (nSPS) is 12.3. The van der Waals surface area contributed by atoms with E-state index >= 15 is 0 Å². The first-order valence-corrected chi connectivity index (χ1v) is 8.66. The first kappa shape index (κ1) is 17.8. The fourth-order valence-corrected chi connectivity index (χ4v) is 2.29. The summed E-state index contributed by atoms with van der Waals surface area (Å²) in [6.07, 6.45) is 2.08. The second-order valence-electron chi connectivity index (χ2n) is 5.48. The van der Waals surface area contributed by atoms with Crippen LogP contribution in [0.2, 0.25) is 0 Å². The maximum Gasteiger partial charge on any atom is 0.191 e. The number of rotatable bonds is 7. The Labute approximate surface area is 131 Å². The second kappa shape index (κ2) is 8.93. The fraction of sp³-hybridized carbons (Fsp3) is 0.562. The van der Waals surface area contributed by atoms with E-state index in [9.17, 15) is 4.39 Å². The predicted octanol–water partition coefficient (Wildman–Crippen LogP) is 3.02. The van der Waals surface area contributed by atoms with Gasteiger partial charge in [-0.1, -0.05) is 32.0 Å². The van der Waals surface area contributed by atoms with E-state index in [-0.39, 0.29) is 11.2 Å². The Hall–Kier alpha value is -1.23. The van der Waals surface area contributed by atoms with Gasteiger partial charge in [0.25, 0.3) is 0 Å². The first-order chi connectivity index (χ1) is 10.0. The number of halogens is 1. The zero-order valence-electron chi connectivity index (χ0n) is 13.4. The van der Waals surface area contributed by atoms with E-state index in [1.165, 1.54) is 6.07 Å². The third-order valence-electron chi connectivity index (χ3n) is 3.18. The molecule has 1 aromatic rings. The Morgan fingerprint density at radius 2 is 2.00 bits per heavy atom. The molecule has 0 saturated heterocycles. The maximum absolute atomic E-state index is 13.9. The molecule has 118 valence electrons. The van der Waals surface area contributed by atoms with Crippen LogP contribution in [0.1, 0.15) is 26.3 Å². The average molecular weight is 311 g/mol. The molecule has 0 fully saturated rings. The summed E-state index contributed by atoms with van der Waals surface area (Å²) in [6.45, 7) is 8.27. The zero-order valence-corrected chi connectivity index (χ0v) is 14.2. The van der Waals surface area contributed by atoms with Gasteiger partial charge in [-0.25, -0.2) is 4.39 Å². The minimum absolute atomic E-state index is 0.168. The summed E-state index contributed by atoms with van der Waals surface area (Å²) in [5, 5.41) is 6.50. The van der Waals surface area contributed by atoms with Crippen LogP contribution in [0.15, 0.2) is 29.3 Å². The maximum atomic E-state index is 13.9. The van der Waals surface area contributed by atoms with Crippen LogP contribution in [0.5, 0.6) is 0 Å². The lowest BCUT2D eigenvalue weighted by molar-refractivity contribution is 0.492. The van der Waals surface area contributed by atoms with Crippen molar-refractivity contribution in [2.75, 3.05) is 31.6 Å². The predicted molar refractivity (Wildman–Crippen MR) is 91.8 cm³/mol. The van der Waals surface area contributed by atoms with Gasteiger partial charge in [-0.05, 0) is 24.8 Å². The highest BCUT2D eigenvalue weighted by atomic mass is 32.2. The first-order valence-electron chi connectivity index (χ1n) is 7.27. The smallest absolute Gasteiger partial charge is 0.191 e. The molecule has 2 N–H and O–H groups in total. The van der Waals surface area contributed by atoms with E-state index in [1.807, 2.05) is 32.9 Å². The van der Waals surface area contributed by atoms with Crippen molar-refractivity contribution in [3.63, 3.8) is 0 Å². The number of hydrogen-bond acceptors (Lipinski definition) is 2. The van der Waals surface area contributed by atoms with E-state index < -0.39 is 0 Å². The van der Waals surface area contributed by atoms with Crippen molar-refractivity contribution in [2.24, 2.45) is 4.99 Å². The van der Waals surface area contributed by atoms with Crippen molar-refractivity contribution in [2.45, 2.75) is 26.2 Å². The van der Waals surface area contributed by atoms with E-state index in [1.54, 1.807) is 17.8 Å². The molecule has 1 aromatic carbocycles. The number of guanidine groups is 1. The molecule has 0 unspecified atom stereocenters. The van der Waals surface area contributed by atoms with Crippen LogP contribution in [-0.2, 0) is 5.41 Å². The van der Waals surface area contributed by atoms with Gasteiger partial charge in [-0.15, -0.1) is 0 Å². The molecule has 0 aliphatic rings. The van der Waals surface area contributed by atoms with Crippen molar-refractivity contribution in [3.05, 3.63) is 35.6 Å². The van der Waals surface area contributed by atoms with Gasteiger partial charge >= 0.3 is 0 Å². The Bertz CT molecular complexity index is 461. The van der Waals surface area contributed by atoms with Gasteiger partial charge in [-0.2, -0.15) is 11.8 Å². The lowest BCUT2D eigenvalue weighted by Gasteiger charge is -2.24. The van der Waals surface area contributed by atoms with Crippen LogP contribution in [0, 0.1) is 5.82 Å². The minimum Gasteiger partial charge on any atom is -0.357 e. The number of hydrogen-bond donors (Lipinski definition) is 2. The summed E-state index contributed by atoms with van der Waals surface area (Å²) >= 11 is 1.79. The Kier molecular flexibility index (Phi) is 7.57. The molecule has 0 aliphatic heterocycles. The monoisotopic (exact) mass is 311 g/mol. The molecule has 21 heavy (non-hydrogen) atoms. The average Bonchev–Trinajstić information content (AvgIpc) is 2.45. The highest BCUT2D eigenvalue weighted by molar-refractivity contribution is 7.98. The highest BCUT2D eigenvalue weighted by Gasteiger charge is 2.23. The lowest BCUT2D eigenvalue weighted by Crippen LogP contribution is -2.39. The molecule has 1 rings (SSSR count). The van der Waals surface area contributed by atoms with Crippen molar-refractivity contribution < 1.29 is 4.39 Å². The van der Waals surface area contributed by atoms with Crippen molar-refractivity contribution in [3.8, 4) is 0 Å². The summed E-state index contributed by atoms with van der Waals surface area (Å²) in [5.41, 5.74) is 0.362. The zero-order chi connectivity index (χ0) is 15.7. The lowest BCUT2D eigenvalue weighted by atomic mass is 9.84. The number of thioether (sulfide) groups is 1. The molecule has 0 amide bonds. The second-order valence-corrected chi connectivity index (χ2v) is 6.46. The van der Waals surface area contributed by atoms with Crippen LogP contribution >= 0.6 is 11.8 Å². The van der Waals surface area contributed by atoms with E-state index in [0.717, 1.165) is 24.8 Å². The highest BCUT2D eigenvalue weighted by Crippen LogP contribution is 2.25. The number of benzene rings is 1. The topological polar surface area (TPSA) is 36.4 Å². The van der Waals surface area contributed by atoms with Crippen molar-refractivity contribution in [1.82, 2.24) is 10.6 Å². The molecule has 0 spiro atoms. The van der Waals surface area contributed by atoms with Gasteiger partial charge < -0.3 is 10.6 Å². The number of aliphatic imine (C=N–C) groups is 1. The fourth-order valence-electron chi connectivity index (χ4n) is 1.99. The van der Waals surface area contributed by atoms with E-state index in [0.29, 0.717) is 12.1 Å². The number of nitrogens with one attached hydrogen (secondary N) is 2. The summed E-state index contributed by atoms with van der Waals surface area (Å²) in [5.74, 6) is 1.65. The van der Waals surface area contributed by atoms with Gasteiger partial charge in [0.1, 0.15) is 5.82 Å². The van der Waals surface area contributed by atoms with E-state index in [2.05, 4.69) is 21.9 Å². The van der Waals surface area contributed by atoms with Crippen LogP contribution in [0.3, 0.4) is 0 Å². The number of nitrogens with zero attached hydrogens (tertiary/aromatic N) is 1. The molecule has 0 aliphatic carbocycles. The Balaban J connectivity index is 2.75. The third-order valence-corrected chi connectivity index (χ3v) is 3.79. The molecular weight excluding hydrogens is 285 g/mol. The van der Waals surface area contributed by atoms with Crippen molar-refractivity contribution >= 4 is 17.7 Å². The largest absolute Gasteiger partial charge is 0.357 e.